The highest BCUT2D eigenvalue weighted by Gasteiger charge is 1.95. The van der Waals surface area contributed by atoms with Crippen LogP contribution in [0.1, 0.15) is 0 Å². The number of nitrogens with zero attached hydrogens (tertiary/aromatic N) is 5. The van der Waals surface area contributed by atoms with Gasteiger partial charge in [-0.05, 0) is 0 Å². The second-order valence-corrected chi connectivity index (χ2v) is 2.15. The summed E-state index contributed by atoms with van der Waals surface area (Å²) in [5.74, 6) is 0.484. The van der Waals surface area contributed by atoms with Crippen molar-refractivity contribution in [1.82, 2.24) is 24.8 Å². The van der Waals surface area contributed by atoms with E-state index in [4.69, 9.17) is 0 Å². The van der Waals surface area contributed by atoms with Crippen LogP contribution in [0.15, 0.2) is 17.6 Å². The fourth-order valence-corrected chi connectivity index (χ4v) is 0.785. The topological polar surface area (TPSA) is 56.0 Å². The molecule has 2 aromatic heterocycles. The molecule has 0 saturated carbocycles. The fourth-order valence-electron chi connectivity index (χ4n) is 0.631. The molecule has 0 radical (unpaired) electrons. The van der Waals surface area contributed by atoms with Crippen LogP contribution < -0.4 is 0 Å². The van der Waals surface area contributed by atoms with Gasteiger partial charge < -0.3 is 0 Å². The van der Waals surface area contributed by atoms with Crippen molar-refractivity contribution in [2.45, 2.75) is 5.03 Å². The van der Waals surface area contributed by atoms with Gasteiger partial charge in [-0.3, -0.25) is 0 Å². The van der Waals surface area contributed by atoms with Gasteiger partial charge in [0.15, 0.2) is 0 Å². The van der Waals surface area contributed by atoms with Gasteiger partial charge in [-0.15, -0.1) is 22.8 Å². The largest absolute Gasteiger partial charge is 0.271 e. The molecule has 6 heteroatoms. The summed E-state index contributed by atoms with van der Waals surface area (Å²) in [7, 11) is 0. The van der Waals surface area contributed by atoms with Gasteiger partial charge in [-0.1, -0.05) is 0 Å². The lowest BCUT2D eigenvalue weighted by atomic mass is 10.9. The summed E-state index contributed by atoms with van der Waals surface area (Å²) in [5.41, 5.74) is 0. The first-order chi connectivity index (χ1) is 4.86. The fraction of sp³-hybridized carbons (Fsp3) is 0. The van der Waals surface area contributed by atoms with Crippen molar-refractivity contribution in [1.29, 1.82) is 0 Å². The van der Waals surface area contributed by atoms with E-state index in [2.05, 4.69) is 32.9 Å². The molecule has 10 heavy (non-hydrogen) atoms. The Bertz CT molecular complexity index is 355. The molecular weight excluding hydrogens is 150 g/mol. The Morgan fingerprint density at radius 2 is 2.40 bits per heavy atom. The van der Waals surface area contributed by atoms with Crippen LogP contribution in [0.25, 0.3) is 5.78 Å². The molecule has 2 aromatic rings. The van der Waals surface area contributed by atoms with Crippen LogP contribution >= 0.6 is 12.6 Å². The van der Waals surface area contributed by atoms with E-state index in [9.17, 15) is 0 Å². The molecule has 50 valence electrons. The first-order valence-corrected chi connectivity index (χ1v) is 3.03. The quantitative estimate of drug-likeness (QED) is 0.533. The predicted octanol–water partition coefficient (Wildman–Crippen LogP) is -0.192. The third kappa shape index (κ3) is 0.730. The Morgan fingerprint density at radius 3 is 3.30 bits per heavy atom. The molecule has 0 saturated heterocycles. The molecule has 2 heterocycles. The molecule has 0 bridgehead atoms. The van der Waals surface area contributed by atoms with Crippen LogP contribution in [0.3, 0.4) is 0 Å². The van der Waals surface area contributed by atoms with Gasteiger partial charge in [0.25, 0.3) is 5.78 Å². The second kappa shape index (κ2) is 1.91. The molecule has 0 aliphatic heterocycles. The van der Waals surface area contributed by atoms with Gasteiger partial charge in [-0.2, -0.15) is 9.61 Å². The van der Waals surface area contributed by atoms with Crippen molar-refractivity contribution < 1.29 is 0 Å². The number of hydrogen-bond donors (Lipinski definition) is 1. The lowest BCUT2D eigenvalue weighted by Crippen LogP contribution is -1.92. The summed E-state index contributed by atoms with van der Waals surface area (Å²) in [4.78, 5) is 3.89. The number of thiol groups is 1. The normalized spacial score (nSPS) is 10.5. The Kier molecular flexibility index (Phi) is 1.07. The van der Waals surface area contributed by atoms with Crippen molar-refractivity contribution in [3.8, 4) is 0 Å². The summed E-state index contributed by atoms with van der Waals surface area (Å²) in [6.07, 6.45) is 3.00. The summed E-state index contributed by atoms with van der Waals surface area (Å²) >= 11 is 3.99. The van der Waals surface area contributed by atoms with Gasteiger partial charge >= 0.3 is 0 Å². The van der Waals surface area contributed by atoms with Crippen LogP contribution in [0, 0.1) is 0 Å². The Hall–Kier alpha value is -1.17. The van der Waals surface area contributed by atoms with Crippen molar-refractivity contribution >= 4 is 18.4 Å². The molecule has 0 aliphatic rings. The SMILES string of the molecule is Sc1cnc2nncn2n1. The molecule has 0 amide bonds. The van der Waals surface area contributed by atoms with E-state index in [0.29, 0.717) is 10.8 Å². The zero-order valence-corrected chi connectivity index (χ0v) is 5.73. The second-order valence-electron chi connectivity index (χ2n) is 1.69. The summed E-state index contributed by atoms with van der Waals surface area (Å²) in [5, 5.41) is 11.7. The van der Waals surface area contributed by atoms with Crippen molar-refractivity contribution in [3.63, 3.8) is 0 Å². The van der Waals surface area contributed by atoms with E-state index >= 15 is 0 Å². The maximum absolute atomic E-state index is 3.99. The molecule has 2 rings (SSSR count). The van der Waals surface area contributed by atoms with E-state index in [1.165, 1.54) is 17.0 Å². The van der Waals surface area contributed by atoms with Crippen LogP contribution in [0.5, 0.6) is 0 Å². The molecule has 0 fully saturated rings. The van der Waals surface area contributed by atoms with E-state index in [-0.39, 0.29) is 0 Å². The number of hydrogen-bond acceptors (Lipinski definition) is 5. The summed E-state index contributed by atoms with van der Waals surface area (Å²) in [6.45, 7) is 0. The Labute approximate surface area is 61.5 Å². The molecule has 0 aliphatic carbocycles. The minimum Gasteiger partial charge on any atom is -0.215 e. The molecule has 0 spiro atoms. The van der Waals surface area contributed by atoms with Crippen LogP contribution in [0.2, 0.25) is 0 Å². The first-order valence-electron chi connectivity index (χ1n) is 2.58. The highest BCUT2D eigenvalue weighted by Crippen LogP contribution is 1.97. The van der Waals surface area contributed by atoms with Gasteiger partial charge in [0.2, 0.25) is 0 Å². The summed E-state index contributed by atoms with van der Waals surface area (Å²) in [6, 6.07) is 0. The minimum atomic E-state index is 0.484. The number of rotatable bonds is 0. The van der Waals surface area contributed by atoms with Gasteiger partial charge in [0, 0.05) is 0 Å². The first kappa shape index (κ1) is 5.60. The third-order valence-electron chi connectivity index (χ3n) is 1.02. The standard InChI is InChI=1S/C4H3N5S/c10-3-1-5-4-7-6-2-9(4)8-3/h1-2H,(H,8,10). The van der Waals surface area contributed by atoms with Crippen molar-refractivity contribution in [2.75, 3.05) is 0 Å². The zero-order valence-electron chi connectivity index (χ0n) is 4.84. The zero-order chi connectivity index (χ0) is 6.97. The van der Waals surface area contributed by atoms with Crippen LogP contribution in [-0.4, -0.2) is 24.8 Å². The molecule has 0 N–H and O–H groups in total. The van der Waals surface area contributed by atoms with E-state index in [1.54, 1.807) is 0 Å². The maximum atomic E-state index is 3.99. The van der Waals surface area contributed by atoms with Gasteiger partial charge in [0.1, 0.15) is 11.4 Å². The highest BCUT2D eigenvalue weighted by atomic mass is 32.1. The molecular formula is C4H3N5S. The van der Waals surface area contributed by atoms with Gasteiger partial charge in [-0.25, -0.2) is 4.98 Å². The van der Waals surface area contributed by atoms with Gasteiger partial charge in [0.05, 0.1) is 6.20 Å². The van der Waals surface area contributed by atoms with E-state index in [0.717, 1.165) is 0 Å². The summed E-state index contributed by atoms with van der Waals surface area (Å²) < 4.78 is 1.46. The lowest BCUT2D eigenvalue weighted by Gasteiger charge is -1.88. The van der Waals surface area contributed by atoms with Crippen LogP contribution in [-0.2, 0) is 0 Å². The number of fused-ring (bicyclic) bond motifs is 1. The number of aromatic nitrogens is 5. The Balaban J connectivity index is 2.86. The van der Waals surface area contributed by atoms with Crippen molar-refractivity contribution in [3.05, 3.63) is 12.5 Å². The van der Waals surface area contributed by atoms with Crippen LogP contribution in [0.4, 0.5) is 0 Å². The maximum Gasteiger partial charge on any atom is 0.271 e. The lowest BCUT2D eigenvalue weighted by molar-refractivity contribution is 0.826. The minimum absolute atomic E-state index is 0.484. The molecule has 0 aromatic carbocycles. The van der Waals surface area contributed by atoms with E-state index < -0.39 is 0 Å². The average Bonchev–Trinajstić information content (AvgIpc) is 2.33. The highest BCUT2D eigenvalue weighted by molar-refractivity contribution is 7.80. The van der Waals surface area contributed by atoms with Crippen molar-refractivity contribution in [2.24, 2.45) is 0 Å². The monoisotopic (exact) mass is 153 g/mol. The third-order valence-corrected chi connectivity index (χ3v) is 1.22. The molecule has 0 atom stereocenters. The van der Waals surface area contributed by atoms with E-state index in [1.807, 2.05) is 0 Å². The molecule has 5 nitrogen and oxygen atoms in total. The smallest absolute Gasteiger partial charge is 0.215 e. The Morgan fingerprint density at radius 1 is 1.50 bits per heavy atom. The predicted molar refractivity (Wildman–Crippen MR) is 35.8 cm³/mol. The average molecular weight is 153 g/mol. The molecule has 0 unspecified atom stereocenters.